The van der Waals surface area contributed by atoms with Gasteiger partial charge in [-0.05, 0) is 38.5 Å². The number of phosphoric ester groups is 1. The molecule has 0 heterocycles. The molecule has 0 aromatic heterocycles. The Balaban J connectivity index is 3.86. The molecule has 0 bridgehead atoms. The Hall–Kier alpha value is -1.02. The van der Waals surface area contributed by atoms with Crippen molar-refractivity contribution in [1.29, 1.82) is 0 Å². The second-order valence-electron chi connectivity index (χ2n) is 16.7. The average molecular weight is 842 g/mol. The highest BCUT2D eigenvalue weighted by molar-refractivity contribution is 7.47. The van der Waals surface area contributed by atoms with E-state index in [2.05, 4.69) is 38.2 Å². The van der Waals surface area contributed by atoms with Gasteiger partial charge >= 0.3 is 13.8 Å². The van der Waals surface area contributed by atoms with Gasteiger partial charge in [-0.25, -0.2) is 4.57 Å². The molecule has 3 N–H and O–H groups in total. The van der Waals surface area contributed by atoms with Crippen LogP contribution in [0.25, 0.3) is 0 Å². The summed E-state index contributed by atoms with van der Waals surface area (Å²) in [6, 6.07) is 0. The summed E-state index contributed by atoms with van der Waals surface area (Å²) >= 11 is 0. The summed E-state index contributed by atoms with van der Waals surface area (Å²) in [4.78, 5) is 22.5. The Labute approximate surface area is 359 Å². The molecule has 344 valence electrons. The largest absolute Gasteiger partial charge is 0.472 e. The Morgan fingerprint density at radius 2 is 0.931 bits per heavy atom. The minimum absolute atomic E-state index is 0.0962. The van der Waals surface area contributed by atoms with Crippen LogP contribution in [-0.2, 0) is 27.9 Å². The van der Waals surface area contributed by atoms with Crippen LogP contribution in [0.3, 0.4) is 0 Å². The van der Waals surface area contributed by atoms with E-state index in [1.54, 1.807) is 0 Å². The Kier molecular flexibility index (Phi) is 46.2. The Morgan fingerprint density at radius 1 is 0.517 bits per heavy atom. The van der Waals surface area contributed by atoms with Crippen LogP contribution in [0.4, 0.5) is 0 Å². The molecule has 0 fully saturated rings. The van der Waals surface area contributed by atoms with Crippen LogP contribution in [0.15, 0.2) is 24.3 Å². The lowest BCUT2D eigenvalue weighted by molar-refractivity contribution is -0.154. The first-order chi connectivity index (χ1) is 28.4. The summed E-state index contributed by atoms with van der Waals surface area (Å²) in [7, 11) is -4.28. The molecule has 58 heavy (non-hydrogen) atoms. The third-order valence-electron chi connectivity index (χ3n) is 10.9. The highest BCUT2D eigenvalue weighted by atomic mass is 31.2. The molecule has 0 aromatic rings. The fraction of sp³-hybridized carbons (Fsp3) is 0.898. The van der Waals surface area contributed by atoms with E-state index < -0.39 is 13.9 Å². The fourth-order valence-corrected chi connectivity index (χ4v) is 7.96. The number of hydrogen-bond donors (Lipinski definition) is 2. The quantitative estimate of drug-likeness (QED) is 0.0269. The zero-order valence-electron chi connectivity index (χ0n) is 38.3. The third kappa shape index (κ3) is 46.1. The van der Waals surface area contributed by atoms with Crippen LogP contribution in [-0.4, -0.2) is 49.9 Å². The van der Waals surface area contributed by atoms with Crippen molar-refractivity contribution < 1.29 is 32.8 Å². The number of rotatable bonds is 48. The maximum Gasteiger partial charge on any atom is 0.472 e. The molecule has 0 rings (SSSR count). The lowest BCUT2D eigenvalue weighted by atomic mass is 10.0. The predicted molar refractivity (Wildman–Crippen MR) is 247 cm³/mol. The van der Waals surface area contributed by atoms with Crippen molar-refractivity contribution >= 4 is 13.8 Å². The van der Waals surface area contributed by atoms with Crippen molar-refractivity contribution in [3.8, 4) is 0 Å². The van der Waals surface area contributed by atoms with Crippen LogP contribution in [0.1, 0.15) is 245 Å². The van der Waals surface area contributed by atoms with Crippen molar-refractivity contribution in [2.24, 2.45) is 5.73 Å². The molecule has 0 saturated heterocycles. The van der Waals surface area contributed by atoms with E-state index in [0.717, 1.165) is 57.8 Å². The van der Waals surface area contributed by atoms with Gasteiger partial charge in [-0.1, -0.05) is 224 Å². The molecule has 0 aliphatic rings. The molecule has 0 saturated carbocycles. The number of ether oxygens (including phenoxy) is 2. The van der Waals surface area contributed by atoms with Gasteiger partial charge in [0.15, 0.2) is 0 Å². The van der Waals surface area contributed by atoms with Crippen molar-refractivity contribution in [3.63, 3.8) is 0 Å². The maximum atomic E-state index is 12.6. The molecule has 0 aliphatic carbocycles. The predicted octanol–water partition coefficient (Wildman–Crippen LogP) is 15.2. The van der Waals surface area contributed by atoms with Gasteiger partial charge in [-0.2, -0.15) is 0 Å². The first-order valence-corrected chi connectivity index (χ1v) is 26.3. The molecule has 2 unspecified atom stereocenters. The number of hydrogen-bond acceptors (Lipinski definition) is 7. The van der Waals surface area contributed by atoms with Crippen molar-refractivity contribution in [2.45, 2.75) is 251 Å². The first kappa shape index (κ1) is 57.0. The number of carbonyl (C=O) groups is 1. The van der Waals surface area contributed by atoms with Gasteiger partial charge < -0.3 is 20.1 Å². The van der Waals surface area contributed by atoms with Crippen LogP contribution >= 0.6 is 7.82 Å². The lowest BCUT2D eigenvalue weighted by Crippen LogP contribution is -2.28. The van der Waals surface area contributed by atoms with Gasteiger partial charge in [0, 0.05) is 19.6 Å². The highest BCUT2D eigenvalue weighted by Crippen LogP contribution is 2.43. The lowest BCUT2D eigenvalue weighted by Gasteiger charge is -2.20. The van der Waals surface area contributed by atoms with Gasteiger partial charge in [0.1, 0.15) is 6.10 Å². The highest BCUT2D eigenvalue weighted by Gasteiger charge is 2.25. The number of carbonyl (C=O) groups excluding carboxylic acids is 1. The normalized spacial score (nSPS) is 13.5. The SMILES string of the molecule is CCCC/C=C\C/C=C\CCCCCCCC(=O)OC(COCCCCCCCCCCCCCCCCCCCCCCCCCCC)COP(=O)(O)OCCN. The van der Waals surface area contributed by atoms with E-state index in [0.29, 0.717) is 13.0 Å². The number of allylic oxidation sites excluding steroid dienone is 4. The first-order valence-electron chi connectivity index (χ1n) is 24.8. The summed E-state index contributed by atoms with van der Waals surface area (Å²) < 4.78 is 33.5. The molecule has 0 radical (unpaired) electrons. The fourth-order valence-electron chi connectivity index (χ4n) is 7.19. The van der Waals surface area contributed by atoms with Gasteiger partial charge in [0.05, 0.1) is 19.8 Å². The smallest absolute Gasteiger partial charge is 0.457 e. The van der Waals surface area contributed by atoms with E-state index in [1.165, 1.54) is 167 Å². The Morgan fingerprint density at radius 3 is 1.40 bits per heavy atom. The molecule has 8 nitrogen and oxygen atoms in total. The van der Waals surface area contributed by atoms with Gasteiger partial charge in [0.2, 0.25) is 0 Å². The van der Waals surface area contributed by atoms with Crippen molar-refractivity contribution in [3.05, 3.63) is 24.3 Å². The van der Waals surface area contributed by atoms with E-state index in [-0.39, 0.29) is 32.3 Å². The van der Waals surface area contributed by atoms with Gasteiger partial charge in [-0.3, -0.25) is 13.8 Å². The number of esters is 1. The standard InChI is InChI=1S/C49H96NO7P/c1-3-5-7-9-11-13-15-17-19-20-21-22-23-24-25-26-27-28-29-31-33-35-37-39-41-44-54-46-48(47-56-58(52,53)55-45-43-50)57-49(51)42-40-38-36-34-32-30-18-16-14-12-10-8-6-4-2/h10,12,16,18,48H,3-9,11,13-15,17,19-47,50H2,1-2H3,(H,52,53)/b12-10-,18-16-. The van der Waals surface area contributed by atoms with Crippen LogP contribution in [0.2, 0.25) is 0 Å². The number of unbranched alkanes of at least 4 members (excludes halogenated alkanes) is 31. The van der Waals surface area contributed by atoms with E-state index in [1.807, 2.05) is 0 Å². The summed E-state index contributed by atoms with van der Waals surface area (Å²) in [5, 5.41) is 0. The Bertz CT molecular complexity index is 946. The molecular weight excluding hydrogens is 746 g/mol. The van der Waals surface area contributed by atoms with E-state index >= 15 is 0 Å². The van der Waals surface area contributed by atoms with Crippen molar-refractivity contribution in [1.82, 2.24) is 0 Å². The zero-order chi connectivity index (χ0) is 42.3. The summed E-state index contributed by atoms with van der Waals surface area (Å²) in [6.45, 7) is 4.91. The third-order valence-corrected chi connectivity index (χ3v) is 11.9. The molecular formula is C49H96NO7P. The zero-order valence-corrected chi connectivity index (χ0v) is 39.2. The topological polar surface area (TPSA) is 117 Å². The molecule has 2 atom stereocenters. The minimum atomic E-state index is -4.28. The van der Waals surface area contributed by atoms with Crippen molar-refractivity contribution in [2.75, 3.05) is 33.0 Å². The molecule has 0 amide bonds. The molecule has 9 heteroatoms. The summed E-state index contributed by atoms with van der Waals surface area (Å²) in [5.74, 6) is -0.340. The molecule has 0 spiro atoms. The summed E-state index contributed by atoms with van der Waals surface area (Å²) in [5.41, 5.74) is 5.38. The van der Waals surface area contributed by atoms with Crippen LogP contribution in [0.5, 0.6) is 0 Å². The van der Waals surface area contributed by atoms with E-state index in [9.17, 15) is 14.3 Å². The minimum Gasteiger partial charge on any atom is -0.457 e. The molecule has 0 aliphatic heterocycles. The second-order valence-corrected chi connectivity index (χ2v) is 18.1. The average Bonchev–Trinajstić information content (AvgIpc) is 3.21. The number of phosphoric acid groups is 1. The maximum absolute atomic E-state index is 12.6. The van der Waals surface area contributed by atoms with Gasteiger partial charge in [-0.15, -0.1) is 0 Å². The van der Waals surface area contributed by atoms with Crippen LogP contribution < -0.4 is 5.73 Å². The van der Waals surface area contributed by atoms with E-state index in [4.69, 9.17) is 24.3 Å². The second kappa shape index (κ2) is 47.0. The summed E-state index contributed by atoms with van der Waals surface area (Å²) in [6.07, 6.45) is 53.6. The molecule has 0 aromatic carbocycles. The monoisotopic (exact) mass is 842 g/mol. The van der Waals surface area contributed by atoms with Crippen LogP contribution in [0, 0.1) is 0 Å². The number of nitrogens with two attached hydrogens (primary N) is 1. The van der Waals surface area contributed by atoms with Gasteiger partial charge in [0.25, 0.3) is 0 Å².